The van der Waals surface area contributed by atoms with Crippen molar-refractivity contribution < 1.29 is 26.7 Å². The second-order valence-electron chi connectivity index (χ2n) is 7.46. The van der Waals surface area contributed by atoms with Gasteiger partial charge in [-0.2, -0.15) is 13.2 Å². The monoisotopic (exact) mass is 457 g/mol. The minimum absolute atomic E-state index is 0.00583. The van der Waals surface area contributed by atoms with Gasteiger partial charge in [0.15, 0.2) is 0 Å². The van der Waals surface area contributed by atoms with Gasteiger partial charge in [-0.15, -0.1) is 0 Å². The minimum Gasteiger partial charge on any atom is -0.386 e. The number of alkyl halides is 5. The highest BCUT2D eigenvalue weighted by Crippen LogP contribution is 2.30. The molecule has 2 rings (SSSR count). The molecule has 0 heterocycles. The van der Waals surface area contributed by atoms with Crippen LogP contribution >= 0.6 is 0 Å². The maximum atomic E-state index is 14.1. The molecule has 3 N–H and O–H groups in total. The van der Waals surface area contributed by atoms with Crippen molar-refractivity contribution in [1.29, 1.82) is 0 Å². The molecule has 0 saturated carbocycles. The van der Waals surface area contributed by atoms with Gasteiger partial charge in [0.1, 0.15) is 6.17 Å². The highest BCUT2D eigenvalue weighted by atomic mass is 19.4. The number of nitrogens with one attached hydrogen (secondary N) is 3. The molecule has 2 aromatic rings. The maximum absolute atomic E-state index is 14.1. The van der Waals surface area contributed by atoms with Crippen LogP contribution in [0.5, 0.6) is 0 Å². The summed E-state index contributed by atoms with van der Waals surface area (Å²) in [6, 6.07) is 9.63. The Bertz CT molecular complexity index is 871. The fraction of sp³-hybridized carbons (Fsp3) is 0.435. The Labute approximate surface area is 184 Å². The highest BCUT2D eigenvalue weighted by molar-refractivity contribution is 5.97. The first-order valence-corrected chi connectivity index (χ1v) is 10.5. The van der Waals surface area contributed by atoms with Gasteiger partial charge in [-0.25, -0.2) is 8.78 Å². The molecule has 0 aromatic heterocycles. The molecular weight excluding hydrogens is 429 g/mol. The van der Waals surface area contributed by atoms with E-state index in [1.54, 1.807) is 19.2 Å². The summed E-state index contributed by atoms with van der Waals surface area (Å²) in [5, 5.41) is 8.36. The number of hydrogen-bond acceptors (Lipinski definition) is 3. The molecule has 0 bridgehead atoms. The Morgan fingerprint density at radius 2 is 1.69 bits per heavy atom. The minimum atomic E-state index is -4.38. The number of amides is 1. The topological polar surface area (TPSA) is 53.2 Å². The van der Waals surface area contributed by atoms with E-state index in [1.165, 1.54) is 18.2 Å². The van der Waals surface area contributed by atoms with Crippen molar-refractivity contribution in [3.05, 3.63) is 53.6 Å². The molecule has 0 fully saturated rings. The Balaban J connectivity index is 1.97. The van der Waals surface area contributed by atoms with Crippen LogP contribution in [0, 0.1) is 0 Å². The van der Waals surface area contributed by atoms with E-state index in [0.717, 1.165) is 25.0 Å². The van der Waals surface area contributed by atoms with Gasteiger partial charge < -0.3 is 16.0 Å². The molecule has 0 radical (unpaired) electrons. The van der Waals surface area contributed by atoms with Gasteiger partial charge >= 0.3 is 6.18 Å². The van der Waals surface area contributed by atoms with E-state index in [9.17, 15) is 26.7 Å². The van der Waals surface area contributed by atoms with Gasteiger partial charge in [0, 0.05) is 19.3 Å². The molecule has 176 valence electrons. The molecule has 0 unspecified atom stereocenters. The van der Waals surface area contributed by atoms with Gasteiger partial charge in [-0.1, -0.05) is 38.3 Å². The summed E-state index contributed by atoms with van der Waals surface area (Å²) in [6.07, 6.45) is -6.33. The predicted octanol–water partition coefficient (Wildman–Crippen LogP) is 6.55. The van der Waals surface area contributed by atoms with E-state index in [1.807, 2.05) is 6.92 Å². The van der Waals surface area contributed by atoms with Crippen molar-refractivity contribution in [3.63, 3.8) is 0 Å². The van der Waals surface area contributed by atoms with Crippen LogP contribution in [0.2, 0.25) is 0 Å². The van der Waals surface area contributed by atoms with Crippen molar-refractivity contribution >= 4 is 23.0 Å². The van der Waals surface area contributed by atoms with E-state index < -0.39 is 30.0 Å². The molecule has 9 heteroatoms. The van der Waals surface area contributed by atoms with Crippen LogP contribution in [0.3, 0.4) is 0 Å². The van der Waals surface area contributed by atoms with Crippen LogP contribution in [0.25, 0.3) is 0 Å². The Morgan fingerprint density at radius 3 is 2.28 bits per heavy atom. The number of unbranched alkanes of at least 4 members (excludes halogenated alkanes) is 2. The number of anilines is 3. The van der Waals surface area contributed by atoms with Crippen molar-refractivity contribution in [3.8, 4) is 0 Å². The highest BCUT2D eigenvalue weighted by Gasteiger charge is 2.30. The van der Waals surface area contributed by atoms with Crippen LogP contribution in [0.4, 0.5) is 39.0 Å². The summed E-state index contributed by atoms with van der Waals surface area (Å²) < 4.78 is 66.0. The molecule has 0 aliphatic rings. The van der Waals surface area contributed by atoms with Crippen molar-refractivity contribution in [2.24, 2.45) is 0 Å². The number of benzene rings is 2. The average molecular weight is 457 g/mol. The Hall–Kier alpha value is -2.84. The van der Waals surface area contributed by atoms with E-state index >= 15 is 0 Å². The molecule has 4 nitrogen and oxygen atoms in total. The largest absolute Gasteiger partial charge is 0.416 e. The smallest absolute Gasteiger partial charge is 0.386 e. The van der Waals surface area contributed by atoms with E-state index in [0.29, 0.717) is 29.0 Å². The summed E-state index contributed by atoms with van der Waals surface area (Å²) in [5.74, 6) is -1.05. The number of hydrogen-bond donors (Lipinski definition) is 3. The first-order chi connectivity index (χ1) is 15.2. The molecule has 32 heavy (non-hydrogen) atoms. The van der Waals surface area contributed by atoms with Gasteiger partial charge in [0.2, 0.25) is 6.17 Å². The molecule has 2 atom stereocenters. The second kappa shape index (κ2) is 11.7. The zero-order chi connectivity index (χ0) is 23.7. The van der Waals surface area contributed by atoms with Crippen molar-refractivity contribution in [1.82, 2.24) is 0 Å². The lowest BCUT2D eigenvalue weighted by Crippen LogP contribution is -2.32. The lowest BCUT2D eigenvalue weighted by Gasteiger charge is -2.17. The number of carbonyl (C=O) groups excluding carboxylic acids is 1. The Kier molecular flexibility index (Phi) is 9.28. The summed E-state index contributed by atoms with van der Waals surface area (Å²) in [6.45, 7) is 2.23. The third kappa shape index (κ3) is 7.39. The third-order valence-corrected chi connectivity index (χ3v) is 4.98. The van der Waals surface area contributed by atoms with Gasteiger partial charge in [-0.3, -0.25) is 4.79 Å². The summed E-state index contributed by atoms with van der Waals surface area (Å²) in [4.78, 5) is 12.1. The van der Waals surface area contributed by atoms with Crippen molar-refractivity contribution in [2.75, 3.05) is 23.0 Å². The quantitative estimate of drug-likeness (QED) is 0.265. The average Bonchev–Trinajstić information content (AvgIpc) is 2.77. The summed E-state index contributed by atoms with van der Waals surface area (Å²) in [5.41, 5.74) is 1.34. The van der Waals surface area contributed by atoms with Gasteiger partial charge in [0.25, 0.3) is 5.91 Å². The standard InChI is InChI=1S/C23H28F5N3O/c1-3-4-5-6-18(24)21(25)22(32)31-19-12-11-17(13-20(19)29-2)30-14-15-7-9-16(10-8-15)23(26,27)28/h7-13,18,21,29-30H,3-6,14H2,1-2H3,(H,31,32)/t18-,21+/m1/s1. The van der Waals surface area contributed by atoms with Crippen LogP contribution in [-0.4, -0.2) is 25.3 Å². The number of carbonyl (C=O) groups is 1. The normalized spacial score (nSPS) is 13.3. The maximum Gasteiger partial charge on any atom is 0.416 e. The molecule has 0 spiro atoms. The first-order valence-electron chi connectivity index (χ1n) is 10.5. The van der Waals surface area contributed by atoms with Crippen LogP contribution in [-0.2, 0) is 17.5 Å². The molecule has 0 aliphatic carbocycles. The van der Waals surface area contributed by atoms with Gasteiger partial charge in [0.05, 0.1) is 16.9 Å². The summed E-state index contributed by atoms with van der Waals surface area (Å²) in [7, 11) is 1.61. The van der Waals surface area contributed by atoms with Crippen LogP contribution in [0.15, 0.2) is 42.5 Å². The number of rotatable bonds is 11. The van der Waals surface area contributed by atoms with E-state index in [4.69, 9.17) is 0 Å². The van der Waals surface area contributed by atoms with Crippen molar-refractivity contribution in [2.45, 2.75) is 57.7 Å². The molecule has 2 aromatic carbocycles. The van der Waals surface area contributed by atoms with E-state index in [2.05, 4.69) is 16.0 Å². The fourth-order valence-electron chi connectivity index (χ4n) is 3.09. The van der Waals surface area contributed by atoms with Gasteiger partial charge in [-0.05, 0) is 42.3 Å². The van der Waals surface area contributed by atoms with Crippen LogP contribution < -0.4 is 16.0 Å². The Morgan fingerprint density at radius 1 is 1.00 bits per heavy atom. The second-order valence-corrected chi connectivity index (χ2v) is 7.46. The molecular formula is C23H28F5N3O. The first kappa shape index (κ1) is 25.4. The lowest BCUT2D eigenvalue weighted by atomic mass is 10.1. The van der Waals surface area contributed by atoms with E-state index in [-0.39, 0.29) is 13.0 Å². The third-order valence-electron chi connectivity index (χ3n) is 4.98. The zero-order valence-electron chi connectivity index (χ0n) is 18.0. The number of halogens is 5. The molecule has 1 amide bonds. The fourth-order valence-corrected chi connectivity index (χ4v) is 3.09. The van der Waals surface area contributed by atoms with Crippen LogP contribution in [0.1, 0.15) is 43.7 Å². The molecule has 0 saturated heterocycles. The SMILES string of the molecule is CCCCC[C@@H](F)[C@H](F)C(=O)Nc1ccc(NCc2ccc(C(F)(F)F)cc2)cc1NC. The zero-order valence-corrected chi connectivity index (χ0v) is 18.0. The molecule has 0 aliphatic heterocycles. The summed E-state index contributed by atoms with van der Waals surface area (Å²) >= 11 is 0. The lowest BCUT2D eigenvalue weighted by molar-refractivity contribution is -0.137. The predicted molar refractivity (Wildman–Crippen MR) is 117 cm³/mol.